The van der Waals surface area contributed by atoms with E-state index in [-0.39, 0.29) is 18.1 Å². The van der Waals surface area contributed by atoms with Gasteiger partial charge in [-0.05, 0) is 53.1 Å². The van der Waals surface area contributed by atoms with Crippen molar-refractivity contribution >= 4 is 11.7 Å². The van der Waals surface area contributed by atoms with E-state index in [2.05, 4.69) is 86.8 Å². The second-order valence-corrected chi connectivity index (χ2v) is 9.96. The number of carbonyl (C=O) groups is 1. The molecular formula is C31H39N3O. The van der Waals surface area contributed by atoms with E-state index in [4.69, 9.17) is 5.73 Å². The first-order valence-corrected chi connectivity index (χ1v) is 13.1. The number of amides is 2. The van der Waals surface area contributed by atoms with Gasteiger partial charge in [-0.3, -0.25) is 4.90 Å². The molecule has 1 saturated carbocycles. The molecule has 0 saturated heterocycles. The van der Waals surface area contributed by atoms with Gasteiger partial charge in [0.2, 0.25) is 0 Å². The maximum Gasteiger partial charge on any atom is 0.322 e. The van der Waals surface area contributed by atoms with Crippen molar-refractivity contribution in [2.45, 2.75) is 64.5 Å². The SMILES string of the molecule is CCCc1ccc(-c2ccc(N(CC(N)C(C)CC)C(=O)N[C@@H]3C[C@H]3c3ccccc3)cc2)cc1. The molecule has 0 aromatic heterocycles. The summed E-state index contributed by atoms with van der Waals surface area (Å²) in [5.41, 5.74) is 12.4. The van der Waals surface area contributed by atoms with Gasteiger partial charge in [0.15, 0.2) is 0 Å². The van der Waals surface area contributed by atoms with E-state index in [0.29, 0.717) is 18.4 Å². The molecule has 4 heteroatoms. The zero-order chi connectivity index (χ0) is 24.8. The first kappa shape index (κ1) is 25.0. The van der Waals surface area contributed by atoms with Gasteiger partial charge in [0.1, 0.15) is 0 Å². The van der Waals surface area contributed by atoms with Crippen molar-refractivity contribution in [2.75, 3.05) is 11.4 Å². The first-order chi connectivity index (χ1) is 17.0. The summed E-state index contributed by atoms with van der Waals surface area (Å²) >= 11 is 0. The van der Waals surface area contributed by atoms with E-state index >= 15 is 0 Å². The summed E-state index contributed by atoms with van der Waals surface area (Å²) in [5, 5.41) is 3.26. The molecular weight excluding hydrogens is 430 g/mol. The second kappa shape index (κ2) is 11.5. The molecule has 35 heavy (non-hydrogen) atoms. The molecule has 0 radical (unpaired) electrons. The topological polar surface area (TPSA) is 58.4 Å². The number of carbonyl (C=O) groups excluding carboxylic acids is 1. The Labute approximate surface area is 210 Å². The molecule has 0 aliphatic heterocycles. The molecule has 3 aromatic rings. The van der Waals surface area contributed by atoms with Gasteiger partial charge in [-0.15, -0.1) is 0 Å². The highest BCUT2D eigenvalue weighted by atomic mass is 16.2. The fourth-order valence-corrected chi connectivity index (χ4v) is 4.65. The fraction of sp³-hybridized carbons (Fsp3) is 0.387. The van der Waals surface area contributed by atoms with E-state index in [1.54, 1.807) is 0 Å². The van der Waals surface area contributed by atoms with Crippen LogP contribution in [-0.4, -0.2) is 24.7 Å². The van der Waals surface area contributed by atoms with Crippen LogP contribution >= 0.6 is 0 Å². The number of nitrogens with zero attached hydrogens (tertiary/aromatic N) is 1. The summed E-state index contributed by atoms with van der Waals surface area (Å²) in [6.45, 7) is 6.99. The molecule has 1 fully saturated rings. The number of nitrogens with one attached hydrogen (secondary N) is 1. The summed E-state index contributed by atoms with van der Waals surface area (Å²) in [5.74, 6) is 0.729. The van der Waals surface area contributed by atoms with E-state index < -0.39 is 0 Å². The molecule has 184 valence electrons. The highest BCUT2D eigenvalue weighted by Gasteiger charge is 2.40. The van der Waals surface area contributed by atoms with Crippen LogP contribution in [0.3, 0.4) is 0 Å². The molecule has 3 aromatic carbocycles. The van der Waals surface area contributed by atoms with Crippen LogP contribution < -0.4 is 16.0 Å². The minimum absolute atomic E-state index is 0.0659. The number of benzene rings is 3. The number of anilines is 1. The number of nitrogens with two attached hydrogens (primary N) is 1. The Kier molecular flexibility index (Phi) is 8.25. The zero-order valence-electron chi connectivity index (χ0n) is 21.3. The Balaban J connectivity index is 1.49. The second-order valence-electron chi connectivity index (χ2n) is 9.96. The summed E-state index contributed by atoms with van der Waals surface area (Å²) in [4.78, 5) is 15.3. The average Bonchev–Trinajstić information content (AvgIpc) is 3.67. The van der Waals surface area contributed by atoms with E-state index in [1.165, 1.54) is 16.7 Å². The summed E-state index contributed by atoms with van der Waals surface area (Å²) in [6, 6.07) is 27.5. The molecule has 2 unspecified atom stereocenters. The highest BCUT2D eigenvalue weighted by molar-refractivity contribution is 5.93. The molecule has 4 rings (SSSR count). The highest BCUT2D eigenvalue weighted by Crippen LogP contribution is 2.40. The lowest BCUT2D eigenvalue weighted by Gasteiger charge is -2.29. The van der Waals surface area contributed by atoms with Gasteiger partial charge < -0.3 is 11.1 Å². The third kappa shape index (κ3) is 6.32. The van der Waals surface area contributed by atoms with E-state index in [1.807, 2.05) is 23.1 Å². The van der Waals surface area contributed by atoms with Crippen LogP contribution in [0.2, 0.25) is 0 Å². The van der Waals surface area contributed by atoms with Crippen LogP contribution in [0.1, 0.15) is 57.1 Å². The molecule has 1 aliphatic rings. The maximum atomic E-state index is 13.4. The van der Waals surface area contributed by atoms with Crippen molar-refractivity contribution in [1.29, 1.82) is 0 Å². The number of urea groups is 1. The molecule has 4 nitrogen and oxygen atoms in total. The third-order valence-corrected chi connectivity index (χ3v) is 7.35. The maximum absolute atomic E-state index is 13.4. The molecule has 1 aliphatic carbocycles. The van der Waals surface area contributed by atoms with E-state index in [9.17, 15) is 4.79 Å². The Hall–Kier alpha value is -3.11. The monoisotopic (exact) mass is 469 g/mol. The van der Waals surface area contributed by atoms with Crippen molar-refractivity contribution in [1.82, 2.24) is 5.32 Å². The van der Waals surface area contributed by atoms with Gasteiger partial charge in [0.25, 0.3) is 0 Å². The Morgan fingerprint density at radius 2 is 1.60 bits per heavy atom. The van der Waals surface area contributed by atoms with Crippen LogP contribution in [0, 0.1) is 5.92 Å². The lowest BCUT2D eigenvalue weighted by molar-refractivity contribution is 0.244. The van der Waals surface area contributed by atoms with Crippen LogP contribution in [0.15, 0.2) is 78.9 Å². The van der Waals surface area contributed by atoms with Gasteiger partial charge >= 0.3 is 6.03 Å². The Morgan fingerprint density at radius 1 is 0.971 bits per heavy atom. The largest absolute Gasteiger partial charge is 0.334 e. The van der Waals surface area contributed by atoms with Gasteiger partial charge in [0, 0.05) is 30.2 Å². The van der Waals surface area contributed by atoms with Crippen molar-refractivity contribution in [3.05, 3.63) is 90.0 Å². The van der Waals surface area contributed by atoms with Gasteiger partial charge in [-0.1, -0.05) is 100 Å². The molecule has 0 spiro atoms. The number of aryl methyl sites for hydroxylation is 1. The fourth-order valence-electron chi connectivity index (χ4n) is 4.65. The normalized spacial score (nSPS) is 18.5. The summed E-state index contributed by atoms with van der Waals surface area (Å²) in [7, 11) is 0. The van der Waals surface area contributed by atoms with Crippen LogP contribution in [-0.2, 0) is 6.42 Å². The van der Waals surface area contributed by atoms with Crippen molar-refractivity contribution in [3.8, 4) is 11.1 Å². The minimum Gasteiger partial charge on any atom is -0.334 e. The Morgan fingerprint density at radius 3 is 2.20 bits per heavy atom. The molecule has 3 N–H and O–H groups in total. The molecule has 0 heterocycles. The van der Waals surface area contributed by atoms with Crippen molar-refractivity contribution < 1.29 is 4.79 Å². The summed E-state index contributed by atoms with van der Waals surface area (Å²) in [6.07, 6.45) is 4.22. The van der Waals surface area contributed by atoms with Gasteiger partial charge in [0.05, 0.1) is 0 Å². The van der Waals surface area contributed by atoms with Crippen LogP contribution in [0.5, 0.6) is 0 Å². The quantitative estimate of drug-likeness (QED) is 0.345. The number of hydrogen-bond acceptors (Lipinski definition) is 2. The molecule has 2 amide bonds. The van der Waals surface area contributed by atoms with Gasteiger partial charge in [-0.2, -0.15) is 0 Å². The molecule has 0 bridgehead atoms. The standard InChI is InChI=1S/C31H39N3O/c1-4-9-23-12-14-24(15-13-23)25-16-18-27(19-17-25)34(21-29(32)22(3)5-2)31(35)33-30-20-28(30)26-10-7-6-8-11-26/h6-8,10-19,22,28-30H,4-5,9,20-21,32H2,1-3H3,(H,33,35)/t22?,28-,29?,30+/m0/s1. The smallest absolute Gasteiger partial charge is 0.322 e. The number of rotatable bonds is 10. The van der Waals surface area contributed by atoms with Crippen molar-refractivity contribution in [2.24, 2.45) is 11.7 Å². The van der Waals surface area contributed by atoms with Crippen LogP contribution in [0.4, 0.5) is 10.5 Å². The van der Waals surface area contributed by atoms with Gasteiger partial charge in [-0.25, -0.2) is 4.79 Å². The lowest BCUT2D eigenvalue weighted by Crippen LogP contribution is -2.49. The predicted octanol–water partition coefficient (Wildman–Crippen LogP) is 6.75. The Bertz CT molecular complexity index is 1080. The van der Waals surface area contributed by atoms with E-state index in [0.717, 1.165) is 36.9 Å². The lowest BCUT2D eigenvalue weighted by atomic mass is 9.99. The van der Waals surface area contributed by atoms with Crippen molar-refractivity contribution in [3.63, 3.8) is 0 Å². The zero-order valence-corrected chi connectivity index (χ0v) is 21.3. The first-order valence-electron chi connectivity index (χ1n) is 13.1. The third-order valence-electron chi connectivity index (χ3n) is 7.35. The van der Waals surface area contributed by atoms with Crippen LogP contribution in [0.25, 0.3) is 11.1 Å². The minimum atomic E-state index is -0.0827. The average molecular weight is 470 g/mol. The molecule has 4 atom stereocenters. The summed E-state index contributed by atoms with van der Waals surface area (Å²) < 4.78 is 0. The predicted molar refractivity (Wildman–Crippen MR) is 147 cm³/mol. The number of hydrogen-bond donors (Lipinski definition) is 2.